The van der Waals surface area contributed by atoms with E-state index in [0.717, 1.165) is 45.3 Å². The van der Waals surface area contributed by atoms with Crippen molar-refractivity contribution in [3.05, 3.63) is 0 Å². The largest absolute Gasteiger partial charge is 0.396 e. The molecular formula is C16H28O4. The SMILES string of the molecule is C#CCCCCO.C1CCC(OC2CCCCO2)OC1. The van der Waals surface area contributed by atoms with Crippen LogP contribution in [0.4, 0.5) is 0 Å². The summed E-state index contributed by atoms with van der Waals surface area (Å²) in [6.45, 7) is 1.95. The Morgan fingerprint density at radius 3 is 2.00 bits per heavy atom. The van der Waals surface area contributed by atoms with Gasteiger partial charge in [-0.25, -0.2) is 0 Å². The van der Waals surface area contributed by atoms with Crippen molar-refractivity contribution in [3.63, 3.8) is 0 Å². The van der Waals surface area contributed by atoms with Crippen LogP contribution in [0.3, 0.4) is 0 Å². The van der Waals surface area contributed by atoms with Crippen LogP contribution in [0.25, 0.3) is 0 Å². The second-order valence-electron chi connectivity index (χ2n) is 5.11. The standard InChI is InChI=1S/C10H18O3.C6H10O/c1-3-7-11-9(5-1)13-10-6-2-4-8-12-10;1-2-3-4-5-6-7/h9-10H,1-8H2;1,7H,3-6H2. The number of aliphatic hydroxyl groups excluding tert-OH is 1. The highest BCUT2D eigenvalue weighted by molar-refractivity contribution is 4.82. The zero-order valence-electron chi connectivity index (χ0n) is 12.4. The Balaban J connectivity index is 0.000000246. The number of ether oxygens (including phenoxy) is 3. The van der Waals surface area contributed by atoms with E-state index in [2.05, 4.69) is 5.92 Å². The summed E-state index contributed by atoms with van der Waals surface area (Å²) in [5, 5.41) is 8.22. The number of hydrogen-bond donors (Lipinski definition) is 1. The average Bonchev–Trinajstić information content (AvgIpc) is 2.51. The van der Waals surface area contributed by atoms with Crippen molar-refractivity contribution in [2.45, 2.75) is 70.4 Å². The maximum Gasteiger partial charge on any atom is 0.160 e. The maximum atomic E-state index is 8.22. The van der Waals surface area contributed by atoms with Gasteiger partial charge in [0, 0.05) is 26.2 Å². The van der Waals surface area contributed by atoms with Crippen molar-refractivity contribution in [2.75, 3.05) is 19.8 Å². The lowest BCUT2D eigenvalue weighted by atomic mass is 10.2. The highest BCUT2D eigenvalue weighted by atomic mass is 16.8. The van der Waals surface area contributed by atoms with Gasteiger partial charge >= 0.3 is 0 Å². The third-order valence-electron chi connectivity index (χ3n) is 3.31. The summed E-state index contributed by atoms with van der Waals surface area (Å²) >= 11 is 0. The third-order valence-corrected chi connectivity index (χ3v) is 3.31. The van der Waals surface area contributed by atoms with Gasteiger partial charge in [0.1, 0.15) is 0 Å². The molecule has 0 aromatic heterocycles. The first-order chi connectivity index (χ1) is 9.86. The Labute approximate surface area is 122 Å². The molecule has 2 saturated heterocycles. The molecule has 1 N–H and O–H groups in total. The number of rotatable bonds is 5. The molecule has 0 radical (unpaired) electrons. The van der Waals surface area contributed by atoms with E-state index in [4.69, 9.17) is 25.7 Å². The fraction of sp³-hybridized carbons (Fsp3) is 0.875. The van der Waals surface area contributed by atoms with Crippen LogP contribution >= 0.6 is 0 Å². The second-order valence-corrected chi connectivity index (χ2v) is 5.11. The minimum atomic E-state index is -0.00292. The molecule has 2 atom stereocenters. The van der Waals surface area contributed by atoms with Crippen LogP contribution in [-0.2, 0) is 14.2 Å². The topological polar surface area (TPSA) is 47.9 Å². The van der Waals surface area contributed by atoms with Crippen molar-refractivity contribution in [2.24, 2.45) is 0 Å². The Kier molecular flexibility index (Phi) is 10.6. The van der Waals surface area contributed by atoms with Crippen LogP contribution in [0.2, 0.25) is 0 Å². The smallest absolute Gasteiger partial charge is 0.160 e. The van der Waals surface area contributed by atoms with Crippen molar-refractivity contribution < 1.29 is 19.3 Å². The van der Waals surface area contributed by atoms with E-state index >= 15 is 0 Å². The summed E-state index contributed by atoms with van der Waals surface area (Å²) in [4.78, 5) is 0. The van der Waals surface area contributed by atoms with Gasteiger partial charge in [-0.05, 0) is 51.4 Å². The van der Waals surface area contributed by atoms with Crippen LogP contribution < -0.4 is 0 Å². The molecule has 0 bridgehead atoms. The molecule has 2 aliphatic heterocycles. The monoisotopic (exact) mass is 284 g/mol. The van der Waals surface area contributed by atoms with Gasteiger partial charge < -0.3 is 19.3 Å². The molecule has 4 nitrogen and oxygen atoms in total. The Bertz CT molecular complexity index is 234. The van der Waals surface area contributed by atoms with Crippen LogP contribution in [-0.4, -0.2) is 37.5 Å². The number of hydrogen-bond acceptors (Lipinski definition) is 4. The summed E-state index contributed by atoms with van der Waals surface area (Å²) in [7, 11) is 0. The Morgan fingerprint density at radius 2 is 1.60 bits per heavy atom. The molecule has 2 fully saturated rings. The molecule has 2 unspecified atom stereocenters. The van der Waals surface area contributed by atoms with Gasteiger partial charge in [0.25, 0.3) is 0 Å². The van der Waals surface area contributed by atoms with E-state index in [-0.39, 0.29) is 19.2 Å². The molecule has 4 heteroatoms. The summed E-state index contributed by atoms with van der Waals surface area (Å²) in [5.74, 6) is 2.49. The molecule has 0 spiro atoms. The molecule has 2 aliphatic rings. The fourth-order valence-corrected chi connectivity index (χ4v) is 2.15. The first-order valence-electron chi connectivity index (χ1n) is 7.80. The summed E-state index contributed by atoms with van der Waals surface area (Å²) < 4.78 is 16.6. The average molecular weight is 284 g/mol. The lowest BCUT2D eigenvalue weighted by Crippen LogP contribution is -2.31. The van der Waals surface area contributed by atoms with Crippen molar-refractivity contribution in [1.29, 1.82) is 0 Å². The molecule has 0 saturated carbocycles. The Hall–Kier alpha value is -0.600. The molecule has 20 heavy (non-hydrogen) atoms. The Morgan fingerprint density at radius 1 is 1.00 bits per heavy atom. The quantitative estimate of drug-likeness (QED) is 0.623. The van der Waals surface area contributed by atoms with Crippen molar-refractivity contribution in [3.8, 4) is 12.3 Å². The lowest BCUT2D eigenvalue weighted by molar-refractivity contribution is -0.264. The first kappa shape index (κ1) is 17.5. The van der Waals surface area contributed by atoms with Gasteiger partial charge in [-0.2, -0.15) is 0 Å². The lowest BCUT2D eigenvalue weighted by Gasteiger charge is -2.29. The molecule has 0 aromatic rings. The zero-order valence-corrected chi connectivity index (χ0v) is 12.4. The second kappa shape index (κ2) is 12.2. The molecule has 0 aliphatic carbocycles. The van der Waals surface area contributed by atoms with E-state index in [1.54, 1.807) is 0 Å². The number of terminal acetylenes is 1. The predicted octanol–water partition coefficient (Wildman–Crippen LogP) is 2.84. The van der Waals surface area contributed by atoms with Gasteiger partial charge in [0.2, 0.25) is 0 Å². The maximum absolute atomic E-state index is 8.22. The molecule has 2 rings (SSSR count). The predicted molar refractivity (Wildman–Crippen MR) is 78.0 cm³/mol. The summed E-state index contributed by atoms with van der Waals surface area (Å²) in [6, 6.07) is 0. The van der Waals surface area contributed by atoms with Crippen LogP contribution in [0, 0.1) is 12.3 Å². The highest BCUT2D eigenvalue weighted by Gasteiger charge is 2.21. The van der Waals surface area contributed by atoms with Crippen LogP contribution in [0.5, 0.6) is 0 Å². The molecule has 2 heterocycles. The molecule has 0 amide bonds. The fourth-order valence-electron chi connectivity index (χ4n) is 2.15. The minimum Gasteiger partial charge on any atom is -0.396 e. The molecule has 0 aromatic carbocycles. The van der Waals surface area contributed by atoms with Gasteiger partial charge in [-0.1, -0.05) is 0 Å². The van der Waals surface area contributed by atoms with Gasteiger partial charge in [-0.15, -0.1) is 12.3 Å². The van der Waals surface area contributed by atoms with E-state index in [1.807, 2.05) is 0 Å². The van der Waals surface area contributed by atoms with E-state index < -0.39 is 0 Å². The van der Waals surface area contributed by atoms with E-state index in [1.165, 1.54) is 25.7 Å². The van der Waals surface area contributed by atoms with Gasteiger partial charge in [-0.3, -0.25) is 0 Å². The minimum absolute atomic E-state index is 0.00292. The summed E-state index contributed by atoms with van der Waals surface area (Å²) in [6.07, 6.45) is 14.4. The summed E-state index contributed by atoms with van der Waals surface area (Å²) in [5.41, 5.74) is 0. The van der Waals surface area contributed by atoms with Crippen LogP contribution in [0.15, 0.2) is 0 Å². The highest BCUT2D eigenvalue weighted by Crippen LogP contribution is 2.20. The third kappa shape index (κ3) is 8.55. The first-order valence-corrected chi connectivity index (χ1v) is 7.80. The number of aliphatic hydroxyl groups is 1. The van der Waals surface area contributed by atoms with E-state index in [0.29, 0.717) is 0 Å². The van der Waals surface area contributed by atoms with Gasteiger partial charge in [0.05, 0.1) is 0 Å². The number of unbranched alkanes of at least 4 members (excludes halogenated alkanes) is 2. The zero-order chi connectivity index (χ0) is 14.5. The van der Waals surface area contributed by atoms with Crippen LogP contribution in [0.1, 0.15) is 57.8 Å². The van der Waals surface area contributed by atoms with Crippen molar-refractivity contribution in [1.82, 2.24) is 0 Å². The van der Waals surface area contributed by atoms with E-state index in [9.17, 15) is 0 Å². The molecule has 116 valence electrons. The molecular weight excluding hydrogens is 256 g/mol. The van der Waals surface area contributed by atoms with Gasteiger partial charge in [0.15, 0.2) is 12.6 Å². The normalized spacial score (nSPS) is 26.2. The van der Waals surface area contributed by atoms with Crippen molar-refractivity contribution >= 4 is 0 Å².